The monoisotopic (exact) mass is 486 g/mol. The lowest BCUT2D eigenvalue weighted by Crippen LogP contribution is -1.98. The minimum Gasteiger partial charge on any atom is -0.495 e. The lowest BCUT2D eigenvalue weighted by atomic mass is 10.0. The fourth-order valence-electron chi connectivity index (χ4n) is 3.98. The molecule has 1 aromatic carbocycles. The Balaban J connectivity index is 1.73. The van der Waals surface area contributed by atoms with E-state index in [2.05, 4.69) is 12.1 Å². The molecule has 0 fully saturated rings. The lowest BCUT2D eigenvalue weighted by Gasteiger charge is -2.14. The molecule has 8 heteroatoms. The third-order valence-corrected chi connectivity index (χ3v) is 7.38. The van der Waals surface area contributed by atoms with Crippen LogP contribution in [0.3, 0.4) is 0 Å². The predicted molar refractivity (Wildman–Crippen MR) is 135 cm³/mol. The molecule has 0 N–H and O–H groups in total. The van der Waals surface area contributed by atoms with Crippen molar-refractivity contribution in [2.24, 2.45) is 0 Å². The number of furan rings is 2. The molecule has 0 atom stereocenters. The highest BCUT2D eigenvalue weighted by molar-refractivity contribution is 7.14. The summed E-state index contributed by atoms with van der Waals surface area (Å²) in [5, 5.41) is 4.02. The Morgan fingerprint density at radius 2 is 1.12 bits per heavy atom. The van der Waals surface area contributed by atoms with Gasteiger partial charge < -0.3 is 18.3 Å². The molecule has 5 heterocycles. The smallest absolute Gasteiger partial charge is 0.154 e. The first-order valence-electron chi connectivity index (χ1n) is 10.4. The number of thiophene rings is 2. The van der Waals surface area contributed by atoms with Gasteiger partial charge in [-0.1, -0.05) is 12.1 Å². The number of nitrogens with zero attached hydrogens (tertiary/aromatic N) is 2. The number of ether oxygens (including phenoxy) is 2. The number of aromatic nitrogens is 2. The van der Waals surface area contributed by atoms with Crippen molar-refractivity contribution >= 4 is 33.7 Å². The van der Waals surface area contributed by atoms with Gasteiger partial charge in [-0.25, -0.2) is 9.97 Å². The van der Waals surface area contributed by atoms with Crippen LogP contribution in [0.2, 0.25) is 0 Å². The van der Waals surface area contributed by atoms with Gasteiger partial charge in [-0.05, 0) is 47.2 Å². The highest BCUT2D eigenvalue weighted by Gasteiger charge is 2.23. The molecular formula is C26H18N2O4S2. The Morgan fingerprint density at radius 3 is 1.50 bits per heavy atom. The van der Waals surface area contributed by atoms with Gasteiger partial charge >= 0.3 is 0 Å². The van der Waals surface area contributed by atoms with Gasteiger partial charge in [0.1, 0.15) is 22.9 Å². The van der Waals surface area contributed by atoms with Crippen molar-refractivity contribution < 1.29 is 18.3 Å². The van der Waals surface area contributed by atoms with E-state index in [4.69, 9.17) is 28.3 Å². The Bertz CT molecular complexity index is 1460. The molecule has 0 aliphatic heterocycles. The molecule has 6 nitrogen and oxygen atoms in total. The third kappa shape index (κ3) is 3.30. The van der Waals surface area contributed by atoms with Gasteiger partial charge in [-0.15, -0.1) is 22.7 Å². The minimum absolute atomic E-state index is 0.611. The van der Waals surface area contributed by atoms with E-state index in [0.29, 0.717) is 22.9 Å². The van der Waals surface area contributed by atoms with E-state index in [1.165, 1.54) is 0 Å². The maximum Gasteiger partial charge on any atom is 0.154 e. The van der Waals surface area contributed by atoms with Crippen molar-refractivity contribution in [3.05, 3.63) is 71.8 Å². The molecule has 6 rings (SSSR count). The highest BCUT2D eigenvalue weighted by atomic mass is 32.1. The van der Waals surface area contributed by atoms with E-state index >= 15 is 0 Å². The van der Waals surface area contributed by atoms with Crippen molar-refractivity contribution in [1.29, 1.82) is 0 Å². The van der Waals surface area contributed by atoms with Crippen molar-refractivity contribution in [2.75, 3.05) is 14.2 Å². The van der Waals surface area contributed by atoms with Gasteiger partial charge in [-0.3, -0.25) is 0 Å². The number of fused-ring (bicyclic) bond motifs is 1. The van der Waals surface area contributed by atoms with Crippen LogP contribution in [0.4, 0.5) is 0 Å². The molecular weight excluding hydrogens is 468 g/mol. The summed E-state index contributed by atoms with van der Waals surface area (Å²) >= 11 is 3.20. The molecule has 0 radical (unpaired) electrons. The van der Waals surface area contributed by atoms with Gasteiger partial charge in [0.25, 0.3) is 0 Å². The molecule has 0 amide bonds. The topological polar surface area (TPSA) is 70.5 Å². The van der Waals surface area contributed by atoms with Crippen LogP contribution < -0.4 is 9.47 Å². The van der Waals surface area contributed by atoms with Crippen LogP contribution in [0.25, 0.3) is 54.8 Å². The van der Waals surface area contributed by atoms with Crippen molar-refractivity contribution in [2.45, 2.75) is 0 Å². The van der Waals surface area contributed by atoms with Gasteiger partial charge in [0, 0.05) is 11.1 Å². The predicted octanol–water partition coefficient (Wildman–Crippen LogP) is 7.62. The Labute approximate surface area is 203 Å². The second-order valence-corrected chi connectivity index (χ2v) is 9.20. The standard InChI is InChI=1S/C26H18N2O4S2/c1-29-19-9-13-33-25(19)15-7-8-16(26-20(30-2)10-14-34-26)22-21(15)27-23(17-5-3-11-31-17)24(28-22)18-6-4-12-32-18/h3-14H,1-2H3. The van der Waals surface area contributed by atoms with E-state index in [1.807, 2.05) is 47.2 Å². The zero-order chi connectivity index (χ0) is 23.1. The van der Waals surface area contributed by atoms with Crippen LogP contribution in [-0.4, -0.2) is 24.2 Å². The second-order valence-electron chi connectivity index (χ2n) is 7.37. The molecule has 0 aliphatic rings. The molecule has 6 aromatic rings. The molecule has 5 aromatic heterocycles. The normalized spacial score (nSPS) is 11.2. The number of benzene rings is 1. The molecule has 34 heavy (non-hydrogen) atoms. The summed E-state index contributed by atoms with van der Waals surface area (Å²) in [5.74, 6) is 2.82. The van der Waals surface area contributed by atoms with Gasteiger partial charge in [-0.2, -0.15) is 0 Å². The lowest BCUT2D eigenvalue weighted by molar-refractivity contribution is 0.418. The summed E-state index contributed by atoms with van der Waals surface area (Å²) in [4.78, 5) is 12.2. The SMILES string of the molecule is COc1ccsc1-c1ccc(-c2sccc2OC)c2nc(-c3ccco3)c(-c3ccco3)nc12. The first-order valence-corrected chi connectivity index (χ1v) is 12.2. The maximum atomic E-state index is 5.74. The molecule has 168 valence electrons. The van der Waals surface area contributed by atoms with Crippen LogP contribution in [0.5, 0.6) is 11.5 Å². The van der Waals surface area contributed by atoms with E-state index < -0.39 is 0 Å². The summed E-state index contributed by atoms with van der Waals surface area (Å²) in [6, 6.07) is 15.5. The summed E-state index contributed by atoms with van der Waals surface area (Å²) in [7, 11) is 3.35. The summed E-state index contributed by atoms with van der Waals surface area (Å²) in [5.41, 5.74) is 4.59. The molecule has 0 bridgehead atoms. The molecule has 0 spiro atoms. The average molecular weight is 487 g/mol. The van der Waals surface area contributed by atoms with Gasteiger partial charge in [0.2, 0.25) is 0 Å². The molecule has 0 unspecified atom stereocenters. The fourth-order valence-corrected chi connectivity index (χ4v) is 5.76. The maximum absolute atomic E-state index is 5.74. The quantitative estimate of drug-likeness (QED) is 0.241. The highest BCUT2D eigenvalue weighted by Crippen LogP contribution is 2.45. The fraction of sp³-hybridized carbons (Fsp3) is 0.0769. The number of hydrogen-bond donors (Lipinski definition) is 0. The van der Waals surface area contributed by atoms with E-state index in [-0.39, 0.29) is 0 Å². The Kier molecular flexibility index (Phi) is 5.16. The zero-order valence-corrected chi connectivity index (χ0v) is 19.9. The van der Waals surface area contributed by atoms with Gasteiger partial charge in [0.05, 0.1) is 47.5 Å². The minimum atomic E-state index is 0.611. The molecule has 0 saturated heterocycles. The number of hydrogen-bond acceptors (Lipinski definition) is 8. The number of methoxy groups -OCH3 is 2. The van der Waals surface area contributed by atoms with E-state index in [9.17, 15) is 0 Å². The molecule has 0 aliphatic carbocycles. The average Bonchev–Trinajstić information content (AvgIpc) is 3.69. The first kappa shape index (κ1) is 20.7. The van der Waals surface area contributed by atoms with Crippen LogP contribution in [0, 0.1) is 0 Å². The van der Waals surface area contributed by atoms with Crippen LogP contribution >= 0.6 is 22.7 Å². The first-order chi connectivity index (χ1) is 16.8. The molecule has 0 saturated carbocycles. The van der Waals surface area contributed by atoms with Gasteiger partial charge in [0.15, 0.2) is 11.5 Å². The van der Waals surface area contributed by atoms with E-state index in [1.54, 1.807) is 49.4 Å². The van der Waals surface area contributed by atoms with Crippen molar-refractivity contribution in [3.63, 3.8) is 0 Å². The Hall–Kier alpha value is -3.88. The second kappa shape index (κ2) is 8.48. The Morgan fingerprint density at radius 1 is 0.647 bits per heavy atom. The summed E-state index contributed by atoms with van der Waals surface area (Å²) < 4.78 is 22.7. The van der Waals surface area contributed by atoms with Crippen molar-refractivity contribution in [3.8, 4) is 55.3 Å². The van der Waals surface area contributed by atoms with Crippen molar-refractivity contribution in [1.82, 2.24) is 9.97 Å². The van der Waals surface area contributed by atoms with E-state index in [0.717, 1.165) is 43.4 Å². The van der Waals surface area contributed by atoms with Crippen LogP contribution in [0.1, 0.15) is 0 Å². The zero-order valence-electron chi connectivity index (χ0n) is 18.3. The summed E-state index contributed by atoms with van der Waals surface area (Å²) in [6.07, 6.45) is 3.26. The van der Waals surface area contributed by atoms with Crippen LogP contribution in [-0.2, 0) is 0 Å². The van der Waals surface area contributed by atoms with Crippen LogP contribution in [0.15, 0.2) is 80.7 Å². The summed E-state index contributed by atoms with van der Waals surface area (Å²) in [6.45, 7) is 0. The largest absolute Gasteiger partial charge is 0.495 e. The number of rotatable bonds is 6. The third-order valence-electron chi connectivity index (χ3n) is 5.52.